The summed E-state index contributed by atoms with van der Waals surface area (Å²) in [4.78, 5) is 23.0. The van der Waals surface area contributed by atoms with Crippen molar-refractivity contribution >= 4 is 16.9 Å². The SMILES string of the molecule is N#CCCN(CCC(F)(F)F)C(=O)c1cc(-c2c(F)cnc3[nH]ccc23)c[nH]1. The predicted octanol–water partition coefficient (Wildman–Crippen LogP) is 4.01. The summed E-state index contributed by atoms with van der Waals surface area (Å²) in [5, 5.41) is 9.20. The normalized spacial score (nSPS) is 11.5. The molecule has 3 aromatic rings. The van der Waals surface area contributed by atoms with Crippen LogP contribution < -0.4 is 0 Å². The number of nitrogens with one attached hydrogen (secondary N) is 2. The van der Waals surface area contributed by atoms with E-state index in [1.807, 2.05) is 6.07 Å². The van der Waals surface area contributed by atoms with Crippen LogP contribution in [0.2, 0.25) is 0 Å². The second kappa shape index (κ2) is 7.72. The summed E-state index contributed by atoms with van der Waals surface area (Å²) in [6.07, 6.45) is -1.65. The largest absolute Gasteiger partial charge is 0.390 e. The Kier molecular flexibility index (Phi) is 5.35. The lowest BCUT2D eigenvalue weighted by molar-refractivity contribution is -0.136. The number of fused-ring (bicyclic) bond motifs is 1. The van der Waals surface area contributed by atoms with Crippen LogP contribution in [0.5, 0.6) is 0 Å². The number of amides is 1. The molecule has 0 aliphatic heterocycles. The monoisotopic (exact) mass is 393 g/mol. The van der Waals surface area contributed by atoms with Gasteiger partial charge in [-0.3, -0.25) is 4.79 Å². The van der Waals surface area contributed by atoms with Crippen LogP contribution in [0.1, 0.15) is 23.3 Å². The number of alkyl halides is 3. The first-order valence-corrected chi connectivity index (χ1v) is 8.33. The molecule has 28 heavy (non-hydrogen) atoms. The molecule has 0 bridgehead atoms. The number of nitriles is 1. The minimum atomic E-state index is -4.42. The maximum atomic E-state index is 14.3. The number of rotatable bonds is 6. The average molecular weight is 393 g/mol. The maximum absolute atomic E-state index is 14.3. The van der Waals surface area contributed by atoms with E-state index in [9.17, 15) is 22.4 Å². The molecular formula is C18H15F4N5O. The minimum absolute atomic E-state index is 0.00927. The molecule has 0 unspecified atom stereocenters. The fourth-order valence-electron chi connectivity index (χ4n) is 2.87. The molecule has 2 N–H and O–H groups in total. The zero-order chi connectivity index (χ0) is 20.3. The van der Waals surface area contributed by atoms with Crippen LogP contribution in [0.25, 0.3) is 22.2 Å². The lowest BCUT2D eigenvalue weighted by Crippen LogP contribution is -2.35. The van der Waals surface area contributed by atoms with Crippen molar-refractivity contribution in [1.82, 2.24) is 19.9 Å². The first-order chi connectivity index (χ1) is 13.3. The number of halogens is 4. The van der Waals surface area contributed by atoms with Crippen LogP contribution in [0.4, 0.5) is 17.6 Å². The molecule has 146 valence electrons. The molecule has 0 saturated carbocycles. The first-order valence-electron chi connectivity index (χ1n) is 8.33. The lowest BCUT2D eigenvalue weighted by atomic mass is 10.1. The highest BCUT2D eigenvalue weighted by Gasteiger charge is 2.29. The summed E-state index contributed by atoms with van der Waals surface area (Å²) in [5.74, 6) is -1.28. The second-order valence-corrected chi connectivity index (χ2v) is 6.09. The van der Waals surface area contributed by atoms with Crippen LogP contribution >= 0.6 is 0 Å². The summed E-state index contributed by atoms with van der Waals surface area (Å²) in [5.41, 5.74) is 1.06. The van der Waals surface area contributed by atoms with Crippen LogP contribution in [0.15, 0.2) is 30.7 Å². The zero-order valence-electron chi connectivity index (χ0n) is 14.5. The Hall–Kier alpha value is -3.35. The number of H-pyrrole nitrogens is 2. The van der Waals surface area contributed by atoms with Gasteiger partial charge >= 0.3 is 6.18 Å². The number of hydrogen-bond donors (Lipinski definition) is 2. The van der Waals surface area contributed by atoms with Gasteiger partial charge in [0.15, 0.2) is 0 Å². The van der Waals surface area contributed by atoms with Gasteiger partial charge in [-0.25, -0.2) is 9.37 Å². The van der Waals surface area contributed by atoms with E-state index >= 15 is 0 Å². The number of aromatic nitrogens is 3. The Balaban J connectivity index is 1.88. The van der Waals surface area contributed by atoms with E-state index in [4.69, 9.17) is 5.26 Å². The Labute approximate surface area is 156 Å². The van der Waals surface area contributed by atoms with E-state index in [-0.39, 0.29) is 24.2 Å². The van der Waals surface area contributed by atoms with E-state index in [0.29, 0.717) is 16.6 Å². The van der Waals surface area contributed by atoms with E-state index in [1.54, 1.807) is 12.3 Å². The molecule has 3 rings (SSSR count). The number of aromatic amines is 2. The Morgan fingerprint density at radius 1 is 1.29 bits per heavy atom. The van der Waals surface area contributed by atoms with Crippen molar-refractivity contribution in [2.75, 3.05) is 13.1 Å². The van der Waals surface area contributed by atoms with Gasteiger partial charge in [-0.2, -0.15) is 18.4 Å². The Morgan fingerprint density at radius 3 is 2.79 bits per heavy atom. The van der Waals surface area contributed by atoms with Crippen molar-refractivity contribution in [1.29, 1.82) is 5.26 Å². The number of carbonyl (C=O) groups is 1. The molecule has 0 aromatic carbocycles. The first kappa shape index (κ1) is 19.4. The molecule has 0 fully saturated rings. The van der Waals surface area contributed by atoms with Crippen molar-refractivity contribution in [2.24, 2.45) is 0 Å². The Bertz CT molecular complexity index is 1030. The van der Waals surface area contributed by atoms with Gasteiger partial charge in [0.2, 0.25) is 0 Å². The van der Waals surface area contributed by atoms with Crippen LogP contribution in [0.3, 0.4) is 0 Å². The second-order valence-electron chi connectivity index (χ2n) is 6.09. The van der Waals surface area contributed by atoms with Gasteiger partial charge < -0.3 is 14.9 Å². The van der Waals surface area contributed by atoms with E-state index in [1.165, 1.54) is 12.3 Å². The molecule has 3 heterocycles. The van der Waals surface area contributed by atoms with Gasteiger partial charge in [0.1, 0.15) is 17.2 Å². The quantitative estimate of drug-likeness (QED) is 0.621. The molecule has 0 spiro atoms. The third-order valence-corrected chi connectivity index (χ3v) is 4.19. The van der Waals surface area contributed by atoms with Crippen molar-refractivity contribution in [2.45, 2.75) is 19.0 Å². The fourth-order valence-corrected chi connectivity index (χ4v) is 2.87. The lowest BCUT2D eigenvalue weighted by Gasteiger charge is -2.21. The Morgan fingerprint density at radius 2 is 2.07 bits per heavy atom. The molecule has 0 aliphatic rings. The van der Waals surface area contributed by atoms with Gasteiger partial charge in [0.25, 0.3) is 5.91 Å². The van der Waals surface area contributed by atoms with Crippen LogP contribution in [0, 0.1) is 17.1 Å². The highest BCUT2D eigenvalue weighted by molar-refractivity contribution is 5.97. The van der Waals surface area contributed by atoms with E-state index in [0.717, 1.165) is 11.1 Å². The molecule has 0 atom stereocenters. The topological polar surface area (TPSA) is 88.6 Å². The van der Waals surface area contributed by atoms with Gasteiger partial charge in [-0.15, -0.1) is 0 Å². The molecule has 1 amide bonds. The summed E-state index contributed by atoms with van der Waals surface area (Å²) in [6, 6.07) is 4.82. The summed E-state index contributed by atoms with van der Waals surface area (Å²) < 4.78 is 51.9. The van der Waals surface area contributed by atoms with Gasteiger partial charge in [0.05, 0.1) is 25.1 Å². The summed E-state index contributed by atoms with van der Waals surface area (Å²) >= 11 is 0. The number of nitrogens with zero attached hydrogens (tertiary/aromatic N) is 3. The molecule has 0 radical (unpaired) electrons. The standard InChI is InChI=1S/C18H15F4N5O/c19-13-10-26-16-12(2-5-24-16)15(13)11-8-14(25-9-11)17(28)27(6-1-4-23)7-3-18(20,21)22/h2,5,8-10,25H,1,3,6-7H2,(H,24,26). The van der Waals surface area contributed by atoms with Crippen molar-refractivity contribution < 1.29 is 22.4 Å². The molecule has 10 heteroatoms. The van der Waals surface area contributed by atoms with Gasteiger partial charge in [-0.1, -0.05) is 0 Å². The molecular weight excluding hydrogens is 378 g/mol. The predicted molar refractivity (Wildman–Crippen MR) is 92.6 cm³/mol. The maximum Gasteiger partial charge on any atom is 0.390 e. The van der Waals surface area contributed by atoms with Crippen molar-refractivity contribution in [3.8, 4) is 17.2 Å². The molecule has 0 saturated heterocycles. The van der Waals surface area contributed by atoms with Crippen LogP contribution in [-0.4, -0.2) is 45.0 Å². The zero-order valence-corrected chi connectivity index (χ0v) is 14.5. The fraction of sp³-hybridized carbons (Fsp3) is 0.278. The highest BCUT2D eigenvalue weighted by Crippen LogP contribution is 2.30. The highest BCUT2D eigenvalue weighted by atomic mass is 19.4. The average Bonchev–Trinajstić information content (AvgIpc) is 3.29. The summed E-state index contributed by atoms with van der Waals surface area (Å²) in [7, 11) is 0. The van der Waals surface area contributed by atoms with Crippen molar-refractivity contribution in [3.63, 3.8) is 0 Å². The van der Waals surface area contributed by atoms with E-state index in [2.05, 4.69) is 15.0 Å². The van der Waals surface area contributed by atoms with Crippen LogP contribution in [-0.2, 0) is 0 Å². The van der Waals surface area contributed by atoms with Crippen molar-refractivity contribution in [3.05, 3.63) is 42.2 Å². The number of hydrogen-bond acceptors (Lipinski definition) is 3. The minimum Gasteiger partial charge on any atom is -0.357 e. The molecule has 6 nitrogen and oxygen atoms in total. The summed E-state index contributed by atoms with van der Waals surface area (Å²) in [6.45, 7) is -0.699. The third-order valence-electron chi connectivity index (χ3n) is 4.19. The smallest absolute Gasteiger partial charge is 0.357 e. The number of carbonyl (C=O) groups excluding carboxylic acids is 1. The number of pyridine rings is 1. The molecule has 0 aliphatic carbocycles. The van der Waals surface area contributed by atoms with Gasteiger partial charge in [-0.05, 0) is 12.1 Å². The molecule has 3 aromatic heterocycles. The van der Waals surface area contributed by atoms with E-state index < -0.39 is 30.9 Å². The van der Waals surface area contributed by atoms with Gasteiger partial charge in [0, 0.05) is 42.0 Å². The third kappa shape index (κ3) is 4.14.